The van der Waals surface area contributed by atoms with Crippen LogP contribution in [0.4, 0.5) is 0 Å². The van der Waals surface area contributed by atoms with E-state index in [-0.39, 0.29) is 0 Å². The molecule has 56 valence electrons. The standard InChI is InChI=1S/C5H5IO4/c1-2-3(10-6)5(8)9-4(2)7/h2-3H,1H3. The Morgan fingerprint density at radius 3 is 2.30 bits per heavy atom. The second kappa shape index (κ2) is 2.83. The molecule has 0 aromatic heterocycles. The highest BCUT2D eigenvalue weighted by Crippen LogP contribution is 2.20. The van der Waals surface area contributed by atoms with Crippen LogP contribution in [0.3, 0.4) is 0 Å². The molecule has 0 radical (unpaired) electrons. The van der Waals surface area contributed by atoms with Gasteiger partial charge in [0.2, 0.25) is 0 Å². The predicted octanol–water partition coefficient (Wildman–Crippen LogP) is 0.441. The van der Waals surface area contributed by atoms with Crippen LogP contribution in [0, 0.1) is 5.92 Å². The highest BCUT2D eigenvalue weighted by atomic mass is 127. The van der Waals surface area contributed by atoms with E-state index in [1.54, 1.807) is 29.9 Å². The number of cyclic esters (lactones) is 2. The van der Waals surface area contributed by atoms with Crippen molar-refractivity contribution < 1.29 is 17.4 Å². The summed E-state index contributed by atoms with van der Waals surface area (Å²) in [6, 6.07) is 0. The van der Waals surface area contributed by atoms with E-state index < -0.39 is 24.0 Å². The Morgan fingerprint density at radius 1 is 1.50 bits per heavy atom. The molecule has 1 rings (SSSR count). The molecule has 4 nitrogen and oxygen atoms in total. The number of esters is 2. The molecule has 0 N–H and O–H groups in total. The average Bonchev–Trinajstić information content (AvgIpc) is 2.09. The molecule has 1 saturated heterocycles. The molecule has 0 saturated carbocycles. The molecule has 10 heavy (non-hydrogen) atoms. The number of ether oxygens (including phenoxy) is 1. The van der Waals surface area contributed by atoms with Gasteiger partial charge in [-0.2, -0.15) is 0 Å². The maximum absolute atomic E-state index is 10.7. The number of carbonyl (C=O) groups excluding carboxylic acids is 2. The van der Waals surface area contributed by atoms with Gasteiger partial charge < -0.3 is 4.74 Å². The van der Waals surface area contributed by atoms with Gasteiger partial charge in [-0.05, 0) is 6.92 Å². The van der Waals surface area contributed by atoms with Crippen molar-refractivity contribution in [1.29, 1.82) is 0 Å². The molecule has 2 unspecified atom stereocenters. The normalized spacial score (nSPS) is 32.6. The van der Waals surface area contributed by atoms with Crippen molar-refractivity contribution in [1.82, 2.24) is 0 Å². The molecular formula is C5H5IO4. The van der Waals surface area contributed by atoms with Crippen molar-refractivity contribution in [3.05, 3.63) is 0 Å². The molecule has 0 bridgehead atoms. The maximum Gasteiger partial charge on any atom is 0.344 e. The van der Waals surface area contributed by atoms with E-state index in [1.165, 1.54) is 0 Å². The lowest BCUT2D eigenvalue weighted by atomic mass is 10.1. The Bertz CT molecular complexity index is 178. The van der Waals surface area contributed by atoms with Crippen LogP contribution in [0.5, 0.6) is 0 Å². The second-order valence-corrected chi connectivity index (χ2v) is 2.55. The Morgan fingerprint density at radius 2 is 2.10 bits per heavy atom. The molecule has 0 aromatic rings. The van der Waals surface area contributed by atoms with Gasteiger partial charge in [0, 0.05) is 0 Å². The molecule has 1 fully saturated rings. The lowest BCUT2D eigenvalue weighted by molar-refractivity contribution is -0.154. The third-order valence-corrected chi connectivity index (χ3v) is 1.90. The number of rotatable bonds is 1. The van der Waals surface area contributed by atoms with Crippen molar-refractivity contribution in [2.75, 3.05) is 0 Å². The van der Waals surface area contributed by atoms with Crippen LogP contribution in [0.2, 0.25) is 0 Å². The Hall–Kier alpha value is -0.170. The zero-order chi connectivity index (χ0) is 7.72. The van der Waals surface area contributed by atoms with Gasteiger partial charge in [-0.3, -0.25) is 7.86 Å². The van der Waals surface area contributed by atoms with Crippen LogP contribution in [0.1, 0.15) is 6.92 Å². The van der Waals surface area contributed by atoms with E-state index in [1.807, 2.05) is 0 Å². The Kier molecular flexibility index (Phi) is 2.24. The molecule has 0 spiro atoms. The first-order chi connectivity index (χ1) is 4.66. The van der Waals surface area contributed by atoms with Gasteiger partial charge in [0.25, 0.3) is 0 Å². The van der Waals surface area contributed by atoms with Gasteiger partial charge in [0.15, 0.2) is 6.10 Å². The summed E-state index contributed by atoms with van der Waals surface area (Å²) in [6.45, 7) is 1.59. The highest BCUT2D eigenvalue weighted by Gasteiger charge is 2.42. The van der Waals surface area contributed by atoms with Gasteiger partial charge >= 0.3 is 11.9 Å². The van der Waals surface area contributed by atoms with E-state index in [9.17, 15) is 9.59 Å². The summed E-state index contributed by atoms with van der Waals surface area (Å²) in [4.78, 5) is 21.3. The fraction of sp³-hybridized carbons (Fsp3) is 0.600. The van der Waals surface area contributed by atoms with Crippen molar-refractivity contribution in [3.8, 4) is 0 Å². The fourth-order valence-electron chi connectivity index (χ4n) is 0.691. The van der Waals surface area contributed by atoms with Crippen molar-refractivity contribution in [2.45, 2.75) is 13.0 Å². The van der Waals surface area contributed by atoms with Gasteiger partial charge in [0.05, 0.1) is 5.92 Å². The first kappa shape index (κ1) is 7.93. The highest BCUT2D eigenvalue weighted by molar-refractivity contribution is 14.1. The fourth-order valence-corrected chi connectivity index (χ4v) is 1.34. The van der Waals surface area contributed by atoms with Crippen LogP contribution >= 0.6 is 23.0 Å². The SMILES string of the molecule is CC1C(=O)OC(=O)C1OI. The Balaban J connectivity index is 2.73. The average molecular weight is 256 g/mol. The van der Waals surface area contributed by atoms with E-state index in [4.69, 9.17) is 0 Å². The number of carbonyl (C=O) groups is 2. The minimum atomic E-state index is -0.715. The smallest absolute Gasteiger partial charge is 0.344 e. The third-order valence-electron chi connectivity index (χ3n) is 1.36. The van der Waals surface area contributed by atoms with Crippen molar-refractivity contribution in [3.63, 3.8) is 0 Å². The zero-order valence-corrected chi connectivity index (χ0v) is 7.32. The van der Waals surface area contributed by atoms with Crippen LogP contribution in [-0.2, 0) is 17.4 Å². The number of hydrogen-bond donors (Lipinski definition) is 0. The van der Waals surface area contributed by atoms with Gasteiger partial charge in [-0.1, -0.05) is 0 Å². The van der Waals surface area contributed by atoms with Gasteiger partial charge in [-0.25, -0.2) is 4.79 Å². The molecule has 1 aliphatic rings. The van der Waals surface area contributed by atoms with Crippen LogP contribution in [0.25, 0.3) is 0 Å². The number of hydrogen-bond acceptors (Lipinski definition) is 4. The van der Waals surface area contributed by atoms with E-state index in [2.05, 4.69) is 7.80 Å². The molecule has 0 aliphatic carbocycles. The summed E-state index contributed by atoms with van der Waals surface area (Å²) >= 11 is 1.58. The van der Waals surface area contributed by atoms with Gasteiger partial charge in [-0.15, -0.1) is 0 Å². The molecule has 0 amide bonds. The molecule has 5 heteroatoms. The maximum atomic E-state index is 10.7. The monoisotopic (exact) mass is 256 g/mol. The zero-order valence-electron chi connectivity index (χ0n) is 5.17. The van der Waals surface area contributed by atoms with E-state index >= 15 is 0 Å². The minimum absolute atomic E-state index is 0.468. The minimum Gasteiger partial charge on any atom is -0.391 e. The lowest BCUT2D eigenvalue weighted by Crippen LogP contribution is -2.20. The Labute approximate surface area is 71.6 Å². The largest absolute Gasteiger partial charge is 0.391 e. The predicted molar refractivity (Wildman–Crippen MR) is 39.2 cm³/mol. The lowest BCUT2D eigenvalue weighted by Gasteiger charge is -2.01. The topological polar surface area (TPSA) is 52.6 Å². The quantitative estimate of drug-likeness (QED) is 0.388. The summed E-state index contributed by atoms with van der Waals surface area (Å²) in [5.41, 5.74) is 0. The van der Waals surface area contributed by atoms with Crippen LogP contribution in [-0.4, -0.2) is 18.0 Å². The summed E-state index contributed by atoms with van der Waals surface area (Å²) in [6.07, 6.45) is -0.715. The van der Waals surface area contributed by atoms with Crippen LogP contribution < -0.4 is 0 Å². The van der Waals surface area contributed by atoms with E-state index in [0.717, 1.165) is 0 Å². The first-order valence-corrected chi connectivity index (χ1v) is 3.58. The molecular weight excluding hydrogens is 251 g/mol. The summed E-state index contributed by atoms with van der Waals surface area (Å²) in [5, 5.41) is 0. The molecule has 1 aliphatic heterocycles. The summed E-state index contributed by atoms with van der Waals surface area (Å²) < 4.78 is 8.95. The van der Waals surface area contributed by atoms with E-state index in [0.29, 0.717) is 0 Å². The van der Waals surface area contributed by atoms with Crippen molar-refractivity contribution in [2.24, 2.45) is 5.92 Å². The number of halogens is 1. The van der Waals surface area contributed by atoms with Gasteiger partial charge in [0.1, 0.15) is 23.0 Å². The van der Waals surface area contributed by atoms with Crippen LogP contribution in [0.15, 0.2) is 0 Å². The summed E-state index contributed by atoms with van der Waals surface area (Å²) in [7, 11) is 0. The molecule has 2 atom stereocenters. The summed E-state index contributed by atoms with van der Waals surface area (Å²) in [5.74, 6) is -1.57. The van der Waals surface area contributed by atoms with Crippen molar-refractivity contribution >= 4 is 34.9 Å². The first-order valence-electron chi connectivity index (χ1n) is 2.69. The second-order valence-electron chi connectivity index (χ2n) is 2.04. The third kappa shape index (κ3) is 1.15. The molecule has 0 aromatic carbocycles. The molecule has 1 heterocycles.